The Morgan fingerprint density at radius 1 is 1.44 bits per heavy atom. The number of nitrogens with zero attached hydrogens (tertiary/aromatic N) is 1. The number of benzene rings is 1. The summed E-state index contributed by atoms with van der Waals surface area (Å²) < 4.78 is 27.4. The molecule has 0 aromatic heterocycles. The number of rotatable bonds is 6. The molecule has 2 amide bonds. The molecule has 8 nitrogen and oxygen atoms in total. The van der Waals surface area contributed by atoms with E-state index in [1.165, 1.54) is 0 Å². The molecule has 1 saturated heterocycles. The van der Waals surface area contributed by atoms with Gasteiger partial charge in [-0.2, -0.15) is 0 Å². The van der Waals surface area contributed by atoms with E-state index in [2.05, 4.69) is 5.32 Å². The fourth-order valence-electron chi connectivity index (χ4n) is 2.52. The van der Waals surface area contributed by atoms with E-state index in [-0.39, 0.29) is 24.7 Å². The van der Waals surface area contributed by atoms with Gasteiger partial charge in [-0.3, -0.25) is 9.59 Å². The van der Waals surface area contributed by atoms with Gasteiger partial charge in [0.05, 0.1) is 18.4 Å². The molecule has 25 heavy (non-hydrogen) atoms. The van der Waals surface area contributed by atoms with Crippen molar-refractivity contribution < 1.29 is 22.7 Å². The van der Waals surface area contributed by atoms with Gasteiger partial charge >= 0.3 is 0 Å². The molecule has 1 aliphatic rings. The first-order valence-corrected chi connectivity index (χ1v) is 9.96. The number of nitrogens with two attached hydrogens (primary N) is 1. The lowest BCUT2D eigenvalue weighted by atomic mass is 10.1. The minimum absolute atomic E-state index is 0.0595. The van der Waals surface area contributed by atoms with Crippen molar-refractivity contribution >= 4 is 33.0 Å². The number of nitrogens with one attached hydrogen (secondary N) is 1. The highest BCUT2D eigenvalue weighted by Gasteiger charge is 2.22. The van der Waals surface area contributed by atoms with E-state index < -0.39 is 21.8 Å². The Bertz CT molecular complexity index is 763. The van der Waals surface area contributed by atoms with Crippen molar-refractivity contribution in [1.29, 1.82) is 0 Å². The van der Waals surface area contributed by atoms with Crippen LogP contribution in [0, 0.1) is 6.92 Å². The zero-order valence-electron chi connectivity index (χ0n) is 14.3. The zero-order valence-corrected chi connectivity index (χ0v) is 15.1. The Morgan fingerprint density at radius 3 is 2.76 bits per heavy atom. The summed E-state index contributed by atoms with van der Waals surface area (Å²) in [6.07, 6.45) is 1.16. The van der Waals surface area contributed by atoms with Crippen LogP contribution < -0.4 is 16.0 Å². The maximum absolute atomic E-state index is 12.1. The third-order valence-corrected chi connectivity index (χ3v) is 4.85. The van der Waals surface area contributed by atoms with Crippen molar-refractivity contribution in [2.24, 2.45) is 5.73 Å². The van der Waals surface area contributed by atoms with Crippen LogP contribution in [0.15, 0.2) is 18.2 Å². The molecule has 0 aliphatic carbocycles. The minimum Gasteiger partial charge on any atom is -0.370 e. The SMILES string of the molecule is Cc1cc(NC(=O)C(N)CCS(C)(=O)=O)ccc1N1CCOCC1=O. The number of amides is 2. The van der Waals surface area contributed by atoms with Crippen molar-refractivity contribution in [3.8, 4) is 0 Å². The molecular weight excluding hydrogens is 346 g/mol. The number of aryl methyl sites for hydroxylation is 1. The number of sulfone groups is 1. The minimum atomic E-state index is -3.16. The average molecular weight is 369 g/mol. The maximum Gasteiger partial charge on any atom is 0.253 e. The van der Waals surface area contributed by atoms with E-state index in [4.69, 9.17) is 10.5 Å². The van der Waals surface area contributed by atoms with Crippen LogP contribution in [-0.4, -0.2) is 58.0 Å². The summed E-state index contributed by atoms with van der Waals surface area (Å²) in [5.74, 6) is -0.689. The molecule has 138 valence electrons. The van der Waals surface area contributed by atoms with Crippen molar-refractivity contribution in [1.82, 2.24) is 0 Å². The normalized spacial score (nSPS) is 16.6. The van der Waals surface area contributed by atoms with Gasteiger partial charge in [0.25, 0.3) is 5.91 Å². The highest BCUT2D eigenvalue weighted by Crippen LogP contribution is 2.25. The molecule has 1 atom stereocenters. The largest absolute Gasteiger partial charge is 0.370 e. The van der Waals surface area contributed by atoms with Crippen molar-refractivity contribution in [2.45, 2.75) is 19.4 Å². The Kier molecular flexibility index (Phi) is 6.15. The molecule has 0 bridgehead atoms. The predicted molar refractivity (Wildman–Crippen MR) is 95.3 cm³/mol. The number of carbonyl (C=O) groups excluding carboxylic acids is 2. The number of hydrogen-bond acceptors (Lipinski definition) is 6. The van der Waals surface area contributed by atoms with Gasteiger partial charge in [-0.25, -0.2) is 8.42 Å². The molecule has 0 radical (unpaired) electrons. The number of ether oxygens (including phenoxy) is 1. The highest BCUT2D eigenvalue weighted by molar-refractivity contribution is 7.90. The van der Waals surface area contributed by atoms with Crippen LogP contribution in [0.3, 0.4) is 0 Å². The standard InChI is InChI=1S/C16H23N3O5S/c1-11-9-12(18-16(21)13(17)5-8-25(2,22)23)3-4-14(11)19-6-7-24-10-15(19)20/h3-4,9,13H,5-8,10,17H2,1-2H3,(H,18,21). The van der Waals surface area contributed by atoms with E-state index in [9.17, 15) is 18.0 Å². The molecule has 0 saturated carbocycles. The van der Waals surface area contributed by atoms with Gasteiger partial charge in [0.15, 0.2) is 0 Å². The molecule has 1 unspecified atom stereocenters. The fraction of sp³-hybridized carbons (Fsp3) is 0.500. The number of hydrogen-bond donors (Lipinski definition) is 2. The quantitative estimate of drug-likeness (QED) is 0.732. The molecule has 1 aliphatic heterocycles. The third kappa shape index (κ3) is 5.52. The monoisotopic (exact) mass is 369 g/mol. The molecule has 3 N–H and O–H groups in total. The molecule has 1 aromatic rings. The van der Waals surface area contributed by atoms with Crippen LogP contribution in [0.1, 0.15) is 12.0 Å². The summed E-state index contributed by atoms with van der Waals surface area (Å²) in [5.41, 5.74) is 7.88. The van der Waals surface area contributed by atoms with E-state index in [0.717, 1.165) is 17.5 Å². The second-order valence-electron chi connectivity index (χ2n) is 6.11. The van der Waals surface area contributed by atoms with Crippen molar-refractivity contribution in [3.05, 3.63) is 23.8 Å². The van der Waals surface area contributed by atoms with Gasteiger partial charge in [0.1, 0.15) is 16.4 Å². The summed E-state index contributed by atoms with van der Waals surface area (Å²) >= 11 is 0. The van der Waals surface area contributed by atoms with E-state index >= 15 is 0 Å². The number of carbonyl (C=O) groups is 2. The Hall–Kier alpha value is -1.97. The summed E-state index contributed by atoms with van der Waals surface area (Å²) in [6, 6.07) is 4.29. The summed E-state index contributed by atoms with van der Waals surface area (Å²) in [4.78, 5) is 25.6. The van der Waals surface area contributed by atoms with Gasteiger partial charge in [-0.15, -0.1) is 0 Å². The average Bonchev–Trinajstić information content (AvgIpc) is 2.53. The summed E-state index contributed by atoms with van der Waals surface area (Å²) in [7, 11) is -3.16. The van der Waals surface area contributed by atoms with Crippen molar-refractivity contribution in [2.75, 3.05) is 42.0 Å². The van der Waals surface area contributed by atoms with Crippen LogP contribution in [0.5, 0.6) is 0 Å². The van der Waals surface area contributed by atoms with Crippen LogP contribution >= 0.6 is 0 Å². The third-order valence-electron chi connectivity index (χ3n) is 3.88. The van der Waals surface area contributed by atoms with E-state index in [1.807, 2.05) is 6.92 Å². The Morgan fingerprint density at radius 2 is 2.16 bits per heavy atom. The van der Waals surface area contributed by atoms with Crippen LogP contribution in [0.2, 0.25) is 0 Å². The molecule has 2 rings (SSSR count). The zero-order chi connectivity index (χ0) is 18.6. The van der Waals surface area contributed by atoms with E-state index in [1.54, 1.807) is 23.1 Å². The van der Waals surface area contributed by atoms with E-state index in [0.29, 0.717) is 18.8 Å². The lowest BCUT2D eigenvalue weighted by Gasteiger charge is -2.28. The van der Waals surface area contributed by atoms with Gasteiger partial charge in [-0.05, 0) is 37.1 Å². The first-order chi connectivity index (χ1) is 11.7. The second-order valence-corrected chi connectivity index (χ2v) is 8.37. The lowest BCUT2D eigenvalue weighted by molar-refractivity contribution is -0.125. The topological polar surface area (TPSA) is 119 Å². The molecular formula is C16H23N3O5S. The van der Waals surface area contributed by atoms with Gasteiger partial charge in [0, 0.05) is 24.2 Å². The first kappa shape index (κ1) is 19.4. The number of morpholine rings is 1. The van der Waals surface area contributed by atoms with Crippen LogP contribution in [0.4, 0.5) is 11.4 Å². The Balaban J connectivity index is 2.02. The van der Waals surface area contributed by atoms with Gasteiger partial charge < -0.3 is 20.7 Å². The molecule has 1 fully saturated rings. The predicted octanol–water partition coefficient (Wildman–Crippen LogP) is 0.0587. The molecule has 1 heterocycles. The van der Waals surface area contributed by atoms with Crippen LogP contribution in [0.25, 0.3) is 0 Å². The van der Waals surface area contributed by atoms with Gasteiger partial charge in [0.2, 0.25) is 5.91 Å². The molecule has 1 aromatic carbocycles. The summed E-state index contributed by atoms with van der Waals surface area (Å²) in [5, 5.41) is 2.67. The fourth-order valence-corrected chi connectivity index (χ4v) is 3.20. The van der Waals surface area contributed by atoms with Gasteiger partial charge in [-0.1, -0.05) is 0 Å². The highest BCUT2D eigenvalue weighted by atomic mass is 32.2. The smallest absolute Gasteiger partial charge is 0.253 e. The summed E-state index contributed by atoms with van der Waals surface area (Å²) in [6.45, 7) is 2.88. The van der Waals surface area contributed by atoms with Crippen LogP contribution in [-0.2, 0) is 24.2 Å². The molecule has 9 heteroatoms. The Labute approximate surface area is 147 Å². The molecule has 0 spiro atoms. The lowest BCUT2D eigenvalue weighted by Crippen LogP contribution is -2.42. The first-order valence-electron chi connectivity index (χ1n) is 7.90. The maximum atomic E-state index is 12.1. The number of anilines is 2. The van der Waals surface area contributed by atoms with Crippen molar-refractivity contribution in [3.63, 3.8) is 0 Å². The second kappa shape index (κ2) is 7.94.